The second kappa shape index (κ2) is 4.36. The number of nitrogens with one attached hydrogen (secondary N) is 1. The lowest BCUT2D eigenvalue weighted by molar-refractivity contribution is -0.145. The highest BCUT2D eigenvalue weighted by molar-refractivity contribution is 5.78. The molecule has 0 aliphatic heterocycles. The quantitative estimate of drug-likeness (QED) is 0.755. The van der Waals surface area contributed by atoms with E-state index in [1.807, 2.05) is 13.8 Å². The first-order valence-electron chi connectivity index (χ1n) is 6.56. The summed E-state index contributed by atoms with van der Waals surface area (Å²) in [4.78, 5) is 11.3. The Hall–Kier alpha value is -0.570. The number of hydrogen-bond acceptors (Lipinski definition) is 2. The van der Waals surface area contributed by atoms with Crippen LogP contribution in [0.2, 0.25) is 0 Å². The molecule has 2 N–H and O–H groups in total. The van der Waals surface area contributed by atoms with E-state index < -0.39 is 11.5 Å². The molecule has 0 aromatic carbocycles. The van der Waals surface area contributed by atoms with Gasteiger partial charge in [0.1, 0.15) is 5.54 Å². The summed E-state index contributed by atoms with van der Waals surface area (Å²) < 4.78 is 0. The van der Waals surface area contributed by atoms with E-state index in [1.165, 1.54) is 25.7 Å². The zero-order valence-electron chi connectivity index (χ0n) is 10.3. The summed E-state index contributed by atoms with van der Waals surface area (Å²) in [6.45, 7) is 3.88. The number of rotatable bonds is 5. The lowest BCUT2D eigenvalue weighted by atomic mass is 9.89. The van der Waals surface area contributed by atoms with Gasteiger partial charge in [-0.3, -0.25) is 10.1 Å². The van der Waals surface area contributed by atoms with Crippen molar-refractivity contribution in [3.63, 3.8) is 0 Å². The number of carboxylic acid groups (broad SMARTS) is 1. The van der Waals surface area contributed by atoms with Gasteiger partial charge in [-0.2, -0.15) is 0 Å². The Kier molecular flexibility index (Phi) is 3.24. The second-order valence-corrected chi connectivity index (χ2v) is 5.81. The SMILES string of the molecule is CCCC(C)(NC1CC2CCC1C2)C(=O)O. The average molecular weight is 225 g/mol. The maximum absolute atomic E-state index is 11.3. The Bertz CT molecular complexity index is 279. The molecule has 92 valence electrons. The molecule has 2 bridgehead atoms. The first-order valence-corrected chi connectivity index (χ1v) is 6.56. The molecular weight excluding hydrogens is 202 g/mol. The minimum absolute atomic E-state index is 0.450. The molecule has 2 saturated carbocycles. The van der Waals surface area contributed by atoms with Crippen LogP contribution >= 0.6 is 0 Å². The largest absolute Gasteiger partial charge is 0.480 e. The van der Waals surface area contributed by atoms with Crippen LogP contribution in [0.4, 0.5) is 0 Å². The van der Waals surface area contributed by atoms with Crippen LogP contribution in [0.5, 0.6) is 0 Å². The van der Waals surface area contributed by atoms with E-state index in [9.17, 15) is 9.90 Å². The molecule has 2 aliphatic rings. The number of carbonyl (C=O) groups is 1. The van der Waals surface area contributed by atoms with Crippen molar-refractivity contribution in [2.75, 3.05) is 0 Å². The van der Waals surface area contributed by atoms with Gasteiger partial charge in [-0.1, -0.05) is 19.8 Å². The predicted octanol–water partition coefficient (Wildman–Crippen LogP) is 2.41. The molecule has 0 heterocycles. The smallest absolute Gasteiger partial charge is 0.323 e. The van der Waals surface area contributed by atoms with Gasteiger partial charge in [0.15, 0.2) is 0 Å². The fourth-order valence-corrected chi connectivity index (χ4v) is 3.57. The average Bonchev–Trinajstić information content (AvgIpc) is 2.79. The molecule has 2 aliphatic carbocycles. The van der Waals surface area contributed by atoms with Crippen molar-refractivity contribution in [2.24, 2.45) is 11.8 Å². The Morgan fingerprint density at radius 1 is 1.44 bits per heavy atom. The van der Waals surface area contributed by atoms with Crippen molar-refractivity contribution in [2.45, 2.75) is 64.0 Å². The van der Waals surface area contributed by atoms with Gasteiger partial charge in [0.2, 0.25) is 0 Å². The van der Waals surface area contributed by atoms with E-state index in [1.54, 1.807) is 0 Å². The third-order valence-corrected chi connectivity index (χ3v) is 4.46. The maximum atomic E-state index is 11.3. The van der Waals surface area contributed by atoms with Gasteiger partial charge in [-0.25, -0.2) is 0 Å². The predicted molar refractivity (Wildman–Crippen MR) is 63.3 cm³/mol. The highest BCUT2D eigenvalue weighted by atomic mass is 16.4. The van der Waals surface area contributed by atoms with Crippen LogP contribution in [0, 0.1) is 11.8 Å². The van der Waals surface area contributed by atoms with Gasteiger partial charge in [-0.15, -0.1) is 0 Å². The molecule has 2 rings (SSSR count). The highest BCUT2D eigenvalue weighted by Crippen LogP contribution is 2.45. The Balaban J connectivity index is 1.98. The third kappa shape index (κ3) is 2.10. The number of aliphatic carboxylic acids is 1. The van der Waals surface area contributed by atoms with Crippen LogP contribution in [0.3, 0.4) is 0 Å². The van der Waals surface area contributed by atoms with Crippen molar-refractivity contribution < 1.29 is 9.90 Å². The number of fused-ring (bicyclic) bond motifs is 2. The fraction of sp³-hybridized carbons (Fsp3) is 0.923. The minimum atomic E-state index is -0.718. The van der Waals surface area contributed by atoms with Crippen LogP contribution in [0.15, 0.2) is 0 Å². The topological polar surface area (TPSA) is 49.3 Å². The van der Waals surface area contributed by atoms with Gasteiger partial charge in [0.25, 0.3) is 0 Å². The van der Waals surface area contributed by atoms with Gasteiger partial charge in [-0.05, 0) is 44.4 Å². The summed E-state index contributed by atoms with van der Waals surface area (Å²) in [5, 5.41) is 12.8. The van der Waals surface area contributed by atoms with Crippen LogP contribution in [0.1, 0.15) is 52.4 Å². The normalized spacial score (nSPS) is 36.2. The number of carboxylic acids is 1. The van der Waals surface area contributed by atoms with Crippen molar-refractivity contribution in [3.8, 4) is 0 Å². The molecule has 4 atom stereocenters. The van der Waals surface area contributed by atoms with Crippen molar-refractivity contribution in [3.05, 3.63) is 0 Å². The van der Waals surface area contributed by atoms with E-state index >= 15 is 0 Å². The van der Waals surface area contributed by atoms with E-state index in [4.69, 9.17) is 0 Å². The second-order valence-electron chi connectivity index (χ2n) is 5.81. The van der Waals surface area contributed by atoms with Gasteiger partial charge < -0.3 is 5.11 Å². The van der Waals surface area contributed by atoms with E-state index in [2.05, 4.69) is 5.32 Å². The summed E-state index contributed by atoms with van der Waals surface area (Å²) >= 11 is 0. The van der Waals surface area contributed by atoms with Crippen LogP contribution in [-0.2, 0) is 4.79 Å². The van der Waals surface area contributed by atoms with Gasteiger partial charge >= 0.3 is 5.97 Å². The summed E-state index contributed by atoms with van der Waals surface area (Å²) in [5.41, 5.74) is -0.718. The first-order chi connectivity index (χ1) is 7.55. The zero-order chi connectivity index (χ0) is 11.8. The van der Waals surface area contributed by atoms with Crippen molar-refractivity contribution in [1.29, 1.82) is 0 Å². The summed E-state index contributed by atoms with van der Waals surface area (Å²) in [6.07, 6.45) is 6.80. The molecule has 0 saturated heterocycles. The molecule has 4 unspecified atom stereocenters. The third-order valence-electron chi connectivity index (χ3n) is 4.46. The fourth-order valence-electron chi connectivity index (χ4n) is 3.57. The lowest BCUT2D eigenvalue weighted by Gasteiger charge is -2.33. The Morgan fingerprint density at radius 2 is 2.19 bits per heavy atom. The minimum Gasteiger partial charge on any atom is -0.480 e. The van der Waals surface area contributed by atoms with E-state index in [0.29, 0.717) is 6.04 Å². The lowest BCUT2D eigenvalue weighted by Crippen LogP contribution is -2.55. The molecule has 2 fully saturated rings. The summed E-state index contributed by atoms with van der Waals surface area (Å²) in [5.74, 6) is 0.903. The van der Waals surface area contributed by atoms with Crippen molar-refractivity contribution >= 4 is 5.97 Å². The molecule has 3 heteroatoms. The van der Waals surface area contributed by atoms with Crippen molar-refractivity contribution in [1.82, 2.24) is 5.32 Å². The highest BCUT2D eigenvalue weighted by Gasteiger charge is 2.44. The van der Waals surface area contributed by atoms with Crippen LogP contribution in [0.25, 0.3) is 0 Å². The Labute approximate surface area is 97.6 Å². The summed E-state index contributed by atoms with van der Waals surface area (Å²) in [6, 6.07) is 0.450. The monoisotopic (exact) mass is 225 g/mol. The standard InChI is InChI=1S/C13H23NO2/c1-3-6-13(2,12(15)16)14-11-8-9-4-5-10(11)7-9/h9-11,14H,3-8H2,1-2H3,(H,15,16). The Morgan fingerprint density at radius 3 is 2.62 bits per heavy atom. The molecule has 16 heavy (non-hydrogen) atoms. The molecule has 0 aromatic heterocycles. The summed E-state index contributed by atoms with van der Waals surface area (Å²) in [7, 11) is 0. The molecule has 0 spiro atoms. The van der Waals surface area contributed by atoms with Crippen LogP contribution in [-0.4, -0.2) is 22.7 Å². The number of hydrogen-bond donors (Lipinski definition) is 2. The van der Waals surface area contributed by atoms with Gasteiger partial charge in [0, 0.05) is 6.04 Å². The molecule has 0 amide bonds. The van der Waals surface area contributed by atoms with E-state index in [-0.39, 0.29) is 0 Å². The molecule has 3 nitrogen and oxygen atoms in total. The van der Waals surface area contributed by atoms with E-state index in [0.717, 1.165) is 24.7 Å². The zero-order valence-corrected chi connectivity index (χ0v) is 10.3. The maximum Gasteiger partial charge on any atom is 0.323 e. The molecule has 0 aromatic rings. The van der Waals surface area contributed by atoms with Crippen LogP contribution < -0.4 is 5.32 Å². The molecular formula is C13H23NO2. The first kappa shape index (κ1) is 11.9. The molecule has 0 radical (unpaired) electrons. The van der Waals surface area contributed by atoms with Gasteiger partial charge in [0.05, 0.1) is 0 Å².